The Hall–Kier alpha value is -3.30. The normalized spacial score (nSPS) is 10.7. The van der Waals surface area contributed by atoms with Crippen LogP contribution in [0.5, 0.6) is 0 Å². The summed E-state index contributed by atoms with van der Waals surface area (Å²) in [5, 5.41) is 20.2. The minimum atomic E-state index is -0.472. The second-order valence-corrected chi connectivity index (χ2v) is 6.51. The largest absolute Gasteiger partial charge is 0.332 e. The van der Waals surface area contributed by atoms with Crippen LogP contribution in [0.15, 0.2) is 59.0 Å². The number of nitrogens with one attached hydrogen (secondary N) is 2. The second-order valence-electron chi connectivity index (χ2n) is 5.22. The molecule has 0 fully saturated rings. The third kappa shape index (κ3) is 5.09. The number of aromatic nitrogens is 1. The van der Waals surface area contributed by atoms with Crippen LogP contribution >= 0.6 is 22.9 Å². The summed E-state index contributed by atoms with van der Waals surface area (Å²) in [5.74, 6) is -0.451. The number of thiazole rings is 1. The molecular weight excluding hydrogens is 390 g/mol. The maximum atomic E-state index is 12.1. The summed E-state index contributed by atoms with van der Waals surface area (Å²) in [7, 11) is 0. The number of nitro benzene ring substituents is 1. The highest BCUT2D eigenvalue weighted by Crippen LogP contribution is 2.22. The number of non-ortho nitro benzene ring substituents is 1. The fourth-order valence-corrected chi connectivity index (χ4v) is 2.83. The van der Waals surface area contributed by atoms with Gasteiger partial charge in [0.1, 0.15) is 5.69 Å². The lowest BCUT2D eigenvalue weighted by Crippen LogP contribution is -2.18. The van der Waals surface area contributed by atoms with Crippen LogP contribution in [-0.4, -0.2) is 22.0 Å². The molecule has 2 N–H and O–H groups in total. The maximum absolute atomic E-state index is 12.1. The first-order chi connectivity index (χ1) is 13.0. The Kier molecular flexibility index (Phi) is 5.74. The lowest BCUT2D eigenvalue weighted by Gasteiger charge is -2.01. The Labute approximate surface area is 162 Å². The van der Waals surface area contributed by atoms with Crippen LogP contribution < -0.4 is 10.7 Å². The average Bonchev–Trinajstić information content (AvgIpc) is 3.12. The zero-order valence-electron chi connectivity index (χ0n) is 13.6. The van der Waals surface area contributed by atoms with E-state index >= 15 is 0 Å². The molecule has 0 aliphatic heterocycles. The molecule has 0 saturated carbocycles. The molecule has 1 heterocycles. The quantitative estimate of drug-likeness (QED) is 0.365. The topological polar surface area (TPSA) is 110 Å². The monoisotopic (exact) mass is 401 g/mol. The van der Waals surface area contributed by atoms with Crippen molar-refractivity contribution < 1.29 is 9.72 Å². The molecule has 0 spiro atoms. The van der Waals surface area contributed by atoms with Crippen molar-refractivity contribution in [2.75, 3.05) is 5.32 Å². The number of amides is 1. The minimum absolute atomic E-state index is 0.00157. The van der Waals surface area contributed by atoms with Gasteiger partial charge in [-0.25, -0.2) is 10.4 Å². The van der Waals surface area contributed by atoms with Gasteiger partial charge in [-0.05, 0) is 29.8 Å². The van der Waals surface area contributed by atoms with Gasteiger partial charge in [0.25, 0.3) is 11.6 Å². The molecule has 0 saturated heterocycles. The molecule has 0 radical (unpaired) electrons. The number of hydrazone groups is 1. The van der Waals surface area contributed by atoms with E-state index in [9.17, 15) is 14.9 Å². The van der Waals surface area contributed by atoms with Crippen LogP contribution in [0.2, 0.25) is 5.02 Å². The molecule has 3 aromatic rings. The lowest BCUT2D eigenvalue weighted by molar-refractivity contribution is -0.384. The van der Waals surface area contributed by atoms with E-state index in [-0.39, 0.29) is 11.4 Å². The fraction of sp³-hybridized carbons (Fsp3) is 0. The number of nitrogens with zero attached hydrogens (tertiary/aromatic N) is 3. The van der Waals surface area contributed by atoms with Gasteiger partial charge in [-0.1, -0.05) is 23.7 Å². The van der Waals surface area contributed by atoms with Crippen molar-refractivity contribution in [2.45, 2.75) is 0 Å². The van der Waals surface area contributed by atoms with Crippen LogP contribution in [0.4, 0.5) is 16.5 Å². The highest BCUT2D eigenvalue weighted by molar-refractivity contribution is 7.14. The Bertz CT molecular complexity index is 987. The molecule has 1 aromatic heterocycles. The number of benzene rings is 2. The molecule has 0 aliphatic carbocycles. The molecule has 0 unspecified atom stereocenters. The number of halogens is 1. The third-order valence-corrected chi connectivity index (χ3v) is 4.33. The number of rotatable bonds is 6. The highest BCUT2D eigenvalue weighted by atomic mass is 35.5. The van der Waals surface area contributed by atoms with Gasteiger partial charge in [0.15, 0.2) is 5.13 Å². The van der Waals surface area contributed by atoms with Crippen LogP contribution in [-0.2, 0) is 0 Å². The van der Waals surface area contributed by atoms with Crippen molar-refractivity contribution in [1.82, 2.24) is 10.4 Å². The molecule has 8 nitrogen and oxygen atoms in total. The van der Waals surface area contributed by atoms with Gasteiger partial charge < -0.3 is 5.32 Å². The van der Waals surface area contributed by atoms with E-state index < -0.39 is 10.8 Å². The molecule has 0 aliphatic rings. The van der Waals surface area contributed by atoms with E-state index in [4.69, 9.17) is 11.6 Å². The van der Waals surface area contributed by atoms with Crippen molar-refractivity contribution in [1.29, 1.82) is 0 Å². The lowest BCUT2D eigenvalue weighted by atomic mass is 10.2. The SMILES string of the molecule is O=C(N/N=C/c1ccc(Cl)cc1)c1csc(Nc2ccc([N+](=O)[O-])cc2)n1. The van der Waals surface area contributed by atoms with E-state index in [1.807, 2.05) is 0 Å². The first kappa shape index (κ1) is 18.5. The predicted octanol–water partition coefficient (Wildman–Crippen LogP) is 4.21. The number of carbonyl (C=O) groups is 1. The number of carbonyl (C=O) groups excluding carboxylic acids is 1. The predicted molar refractivity (Wildman–Crippen MR) is 105 cm³/mol. The Morgan fingerprint density at radius 3 is 2.56 bits per heavy atom. The summed E-state index contributed by atoms with van der Waals surface area (Å²) in [6, 6.07) is 12.9. The number of hydrogen-bond acceptors (Lipinski definition) is 7. The van der Waals surface area contributed by atoms with Crippen molar-refractivity contribution in [3.8, 4) is 0 Å². The molecular formula is C17H12ClN5O3S. The van der Waals surface area contributed by atoms with Gasteiger partial charge >= 0.3 is 0 Å². The Morgan fingerprint density at radius 2 is 1.89 bits per heavy atom. The maximum Gasteiger partial charge on any atom is 0.290 e. The van der Waals surface area contributed by atoms with Gasteiger partial charge in [-0.2, -0.15) is 5.10 Å². The fourth-order valence-electron chi connectivity index (χ4n) is 2.00. The second kappa shape index (κ2) is 8.39. The Balaban J connectivity index is 1.58. The first-order valence-corrected chi connectivity index (χ1v) is 8.83. The summed E-state index contributed by atoms with van der Waals surface area (Å²) in [6.07, 6.45) is 1.50. The smallest absolute Gasteiger partial charge is 0.290 e. The van der Waals surface area contributed by atoms with Gasteiger partial charge in [0, 0.05) is 28.2 Å². The van der Waals surface area contributed by atoms with Gasteiger partial charge in [-0.15, -0.1) is 11.3 Å². The molecule has 0 atom stereocenters. The van der Waals surface area contributed by atoms with Gasteiger partial charge in [-0.3, -0.25) is 14.9 Å². The van der Waals surface area contributed by atoms with Crippen molar-refractivity contribution in [3.63, 3.8) is 0 Å². The molecule has 2 aromatic carbocycles. The number of hydrogen-bond donors (Lipinski definition) is 2. The van der Waals surface area contributed by atoms with Crippen LogP contribution in [0, 0.1) is 10.1 Å². The number of anilines is 2. The van der Waals surface area contributed by atoms with E-state index in [0.717, 1.165) is 5.56 Å². The standard InChI is InChI=1S/C17H12ClN5O3S/c18-12-3-1-11(2-4-12)9-19-22-16(24)15-10-27-17(21-15)20-13-5-7-14(8-6-13)23(25)26/h1-10H,(H,20,21)(H,22,24)/b19-9+. The van der Waals surface area contributed by atoms with E-state index in [2.05, 4.69) is 20.8 Å². The first-order valence-electron chi connectivity index (χ1n) is 7.57. The molecule has 10 heteroatoms. The van der Waals surface area contributed by atoms with Gasteiger partial charge in [0.05, 0.1) is 11.1 Å². The Morgan fingerprint density at radius 1 is 1.19 bits per heavy atom. The summed E-state index contributed by atoms with van der Waals surface area (Å²) in [4.78, 5) is 26.4. The van der Waals surface area contributed by atoms with Crippen LogP contribution in [0.1, 0.15) is 16.1 Å². The molecule has 0 bridgehead atoms. The summed E-state index contributed by atoms with van der Waals surface area (Å²) in [6.45, 7) is 0. The summed E-state index contributed by atoms with van der Waals surface area (Å²) in [5.41, 5.74) is 4.02. The zero-order valence-corrected chi connectivity index (χ0v) is 15.2. The van der Waals surface area contributed by atoms with Crippen molar-refractivity contribution in [3.05, 3.63) is 80.3 Å². The average molecular weight is 402 g/mol. The van der Waals surface area contributed by atoms with Crippen molar-refractivity contribution >= 4 is 51.6 Å². The highest BCUT2D eigenvalue weighted by Gasteiger charge is 2.11. The molecule has 27 heavy (non-hydrogen) atoms. The zero-order chi connectivity index (χ0) is 19.2. The molecule has 1 amide bonds. The van der Waals surface area contributed by atoms with Crippen molar-refractivity contribution in [2.24, 2.45) is 5.10 Å². The summed E-state index contributed by atoms with van der Waals surface area (Å²) >= 11 is 7.03. The number of nitro groups is 1. The third-order valence-electron chi connectivity index (χ3n) is 3.32. The van der Waals surface area contributed by atoms with Crippen LogP contribution in [0.25, 0.3) is 0 Å². The van der Waals surface area contributed by atoms with Gasteiger partial charge in [0.2, 0.25) is 0 Å². The molecule has 136 valence electrons. The van der Waals surface area contributed by atoms with Crippen LogP contribution in [0.3, 0.4) is 0 Å². The molecule has 3 rings (SSSR count). The summed E-state index contributed by atoms with van der Waals surface area (Å²) < 4.78 is 0. The minimum Gasteiger partial charge on any atom is -0.332 e. The van der Waals surface area contributed by atoms with E-state index in [1.54, 1.807) is 41.8 Å². The van der Waals surface area contributed by atoms with E-state index in [0.29, 0.717) is 15.8 Å². The van der Waals surface area contributed by atoms with E-state index in [1.165, 1.54) is 29.7 Å².